The van der Waals surface area contributed by atoms with Gasteiger partial charge in [-0.25, -0.2) is 0 Å². The molecule has 0 bridgehead atoms. The Bertz CT molecular complexity index is 2800. The largest absolute Gasteiger partial charge is 0.0911 e. The van der Waals surface area contributed by atoms with Gasteiger partial charge < -0.3 is 0 Å². The van der Waals surface area contributed by atoms with Crippen LogP contribution in [0.5, 0.6) is 0 Å². The molecule has 0 aromatic heterocycles. The highest BCUT2D eigenvalue weighted by atomic mass is 14.1. The van der Waals surface area contributed by atoms with Crippen LogP contribution in [0.15, 0.2) is 207 Å². The zero-order chi connectivity index (χ0) is 48.6. The van der Waals surface area contributed by atoms with E-state index in [2.05, 4.69) is 283 Å². The van der Waals surface area contributed by atoms with E-state index in [1.165, 1.54) is 113 Å². The van der Waals surface area contributed by atoms with E-state index in [1.54, 1.807) is 0 Å². The van der Waals surface area contributed by atoms with E-state index < -0.39 is 0 Å². The highest BCUT2D eigenvalue weighted by molar-refractivity contribution is 5.88. The molecule has 0 heterocycles. The van der Waals surface area contributed by atoms with Crippen LogP contribution in [-0.2, 0) is 12.8 Å². The van der Waals surface area contributed by atoms with Crippen molar-refractivity contribution >= 4 is 21.9 Å². The molecule has 0 heteroatoms. The lowest BCUT2D eigenvalue weighted by molar-refractivity contribution is 0.922. The lowest BCUT2D eigenvalue weighted by Crippen LogP contribution is -1.91. The van der Waals surface area contributed by atoms with Gasteiger partial charge in [-0.05, 0) is 162 Å². The number of rotatable bonds is 9. The van der Waals surface area contributed by atoms with Gasteiger partial charge in [0.1, 0.15) is 0 Å². The van der Waals surface area contributed by atoms with Crippen molar-refractivity contribution in [2.45, 2.75) is 102 Å². The molecule has 0 aliphatic rings. The minimum atomic E-state index is 1.03. The summed E-state index contributed by atoms with van der Waals surface area (Å²) in [6.07, 6.45) is 11.2. The SMILES string of the molecule is C=C(/C=C(\C=C/C)c1ccc(-c2ccccc2C)c(C)c1)c1ccccc1C.CCC.CCCc1ccccc1.CCc1cccc2ccccc12.Cc1ccc(C)c(-c2ccccc2C)c1. The third kappa shape index (κ3) is 16.3. The second-order valence-corrected chi connectivity index (χ2v) is 17.4. The molecule has 8 rings (SSSR count). The Morgan fingerprint density at radius 2 is 1.01 bits per heavy atom. The van der Waals surface area contributed by atoms with Crippen molar-refractivity contribution in [1.82, 2.24) is 0 Å². The summed E-state index contributed by atoms with van der Waals surface area (Å²) in [6, 6.07) is 64.4. The van der Waals surface area contributed by atoms with Crippen molar-refractivity contribution in [3.8, 4) is 22.3 Å². The van der Waals surface area contributed by atoms with Crippen LogP contribution in [0.2, 0.25) is 0 Å². The molecule has 0 N–H and O–H groups in total. The van der Waals surface area contributed by atoms with Crippen LogP contribution in [0.4, 0.5) is 0 Å². The lowest BCUT2D eigenvalue weighted by Gasteiger charge is -2.13. The molecule has 0 aliphatic carbocycles. The molecule has 0 amide bonds. The number of hydrogen-bond acceptors (Lipinski definition) is 0. The zero-order valence-electron chi connectivity index (χ0n) is 42.6. The minimum absolute atomic E-state index is 1.03. The van der Waals surface area contributed by atoms with Gasteiger partial charge in [-0.3, -0.25) is 0 Å². The van der Waals surface area contributed by atoms with Crippen LogP contribution in [0.25, 0.3) is 44.2 Å². The van der Waals surface area contributed by atoms with E-state index in [0.29, 0.717) is 0 Å². The fourth-order valence-corrected chi connectivity index (χ4v) is 8.06. The molecule has 8 aromatic carbocycles. The van der Waals surface area contributed by atoms with Crippen molar-refractivity contribution < 1.29 is 0 Å². The molecule has 0 radical (unpaired) electrons. The fraction of sp³-hybridized carbons (Fsp3) is 0.224. The van der Waals surface area contributed by atoms with Crippen LogP contribution < -0.4 is 0 Å². The molecule has 8 aromatic rings. The van der Waals surface area contributed by atoms with Crippen LogP contribution in [0, 0.1) is 41.5 Å². The molecular weight excluding hydrogens is 805 g/mol. The summed E-state index contributed by atoms with van der Waals surface area (Å²) in [5.41, 5.74) is 20.6. The monoisotopic (exact) mass is 881 g/mol. The molecule has 0 atom stereocenters. The summed E-state index contributed by atoms with van der Waals surface area (Å²) in [4.78, 5) is 0. The average molecular weight is 881 g/mol. The van der Waals surface area contributed by atoms with Gasteiger partial charge in [-0.15, -0.1) is 0 Å². The topological polar surface area (TPSA) is 0 Å². The molecule has 0 aliphatic heterocycles. The lowest BCUT2D eigenvalue weighted by atomic mass is 9.92. The van der Waals surface area contributed by atoms with Gasteiger partial charge in [0, 0.05) is 0 Å². The fourth-order valence-electron chi connectivity index (χ4n) is 8.06. The molecule has 0 saturated heterocycles. The van der Waals surface area contributed by atoms with E-state index >= 15 is 0 Å². The second-order valence-electron chi connectivity index (χ2n) is 17.4. The summed E-state index contributed by atoms with van der Waals surface area (Å²) >= 11 is 0. The van der Waals surface area contributed by atoms with E-state index in [9.17, 15) is 0 Å². The molecule has 0 unspecified atom stereocenters. The molecule has 0 nitrogen and oxygen atoms in total. The third-order valence-corrected chi connectivity index (χ3v) is 11.6. The van der Waals surface area contributed by atoms with E-state index in [1.807, 2.05) is 0 Å². The maximum absolute atomic E-state index is 4.32. The van der Waals surface area contributed by atoms with E-state index in [0.717, 1.165) is 12.0 Å². The zero-order valence-corrected chi connectivity index (χ0v) is 42.6. The Balaban J connectivity index is 0.000000210. The third-order valence-electron chi connectivity index (χ3n) is 11.6. The van der Waals surface area contributed by atoms with E-state index in [-0.39, 0.29) is 0 Å². The van der Waals surface area contributed by atoms with Gasteiger partial charge in [0.05, 0.1) is 0 Å². The molecule has 67 heavy (non-hydrogen) atoms. The smallest absolute Gasteiger partial charge is 0.0149 e. The maximum Gasteiger partial charge on any atom is -0.0149 e. The Kier molecular flexibility index (Phi) is 22.3. The van der Waals surface area contributed by atoms with Gasteiger partial charge in [-0.1, -0.05) is 247 Å². The number of aryl methyl sites for hydroxylation is 8. The quantitative estimate of drug-likeness (QED) is 0.127. The van der Waals surface area contributed by atoms with Gasteiger partial charge in [0.25, 0.3) is 0 Å². The summed E-state index contributed by atoms with van der Waals surface area (Å²) < 4.78 is 0. The Morgan fingerprint density at radius 1 is 0.478 bits per heavy atom. The highest BCUT2D eigenvalue weighted by Crippen LogP contribution is 2.31. The maximum atomic E-state index is 4.32. The number of allylic oxidation sites excluding steroid dienone is 5. The Morgan fingerprint density at radius 3 is 1.61 bits per heavy atom. The first kappa shape index (κ1) is 52.9. The first-order valence-corrected chi connectivity index (χ1v) is 24.4. The van der Waals surface area contributed by atoms with Crippen molar-refractivity contribution in [3.63, 3.8) is 0 Å². The standard InChI is InChI=1S/C28H28.C15H16.C12H12.C9H12.C3H8/c1-6-11-24(18-22(4)26-14-9-7-12-20(26)2)25-16-17-28(23(5)19-25)27-15-10-8-13-21(27)3;1-11-8-9-13(3)15(10-11)14-7-5-4-6-12(14)2;1-2-10-7-5-8-11-6-3-4-9-12(10)11;1-2-6-9-7-4-3-5-8-9;1-3-2/h6-19H,4H2,1-3,5H3;4-10H,1-3H3;3-9H,2H2,1H3;3-5,7-8H,2,6H2,1H3;3H2,1-2H3/b11-6-,24-18+;;;;. The Labute approximate surface area is 406 Å². The van der Waals surface area contributed by atoms with Gasteiger partial charge >= 0.3 is 0 Å². The Hall–Kier alpha value is -6.76. The molecule has 0 saturated carbocycles. The van der Waals surface area contributed by atoms with E-state index in [4.69, 9.17) is 0 Å². The number of fused-ring (bicyclic) bond motifs is 1. The highest BCUT2D eigenvalue weighted by Gasteiger charge is 2.09. The van der Waals surface area contributed by atoms with Crippen molar-refractivity contribution in [1.29, 1.82) is 0 Å². The summed E-state index contributed by atoms with van der Waals surface area (Å²) in [5.74, 6) is 0. The van der Waals surface area contributed by atoms with Crippen molar-refractivity contribution in [2.24, 2.45) is 0 Å². The average Bonchev–Trinajstić information content (AvgIpc) is 3.34. The molecule has 0 spiro atoms. The minimum Gasteiger partial charge on any atom is -0.0911 e. The molecule has 344 valence electrons. The number of benzene rings is 8. The van der Waals surface area contributed by atoms with Crippen LogP contribution in [-0.4, -0.2) is 0 Å². The summed E-state index contributed by atoms with van der Waals surface area (Å²) in [5, 5.41) is 2.74. The molecular formula is C67H76. The molecule has 0 fully saturated rings. The van der Waals surface area contributed by atoms with Gasteiger partial charge in [0.15, 0.2) is 0 Å². The van der Waals surface area contributed by atoms with Crippen molar-refractivity contribution in [2.75, 3.05) is 0 Å². The normalized spacial score (nSPS) is 10.6. The van der Waals surface area contributed by atoms with Gasteiger partial charge in [0.2, 0.25) is 0 Å². The first-order chi connectivity index (χ1) is 32.4. The second kappa shape index (κ2) is 28.3. The van der Waals surface area contributed by atoms with Crippen LogP contribution >= 0.6 is 0 Å². The predicted molar refractivity (Wildman–Crippen MR) is 300 cm³/mol. The first-order valence-electron chi connectivity index (χ1n) is 24.4. The van der Waals surface area contributed by atoms with Gasteiger partial charge in [-0.2, -0.15) is 0 Å². The predicted octanol–water partition coefficient (Wildman–Crippen LogP) is 19.7. The summed E-state index contributed by atoms with van der Waals surface area (Å²) in [6.45, 7) is 28.0. The van der Waals surface area contributed by atoms with Crippen LogP contribution in [0.1, 0.15) is 103 Å². The summed E-state index contributed by atoms with van der Waals surface area (Å²) in [7, 11) is 0. The number of hydrogen-bond donors (Lipinski definition) is 0. The van der Waals surface area contributed by atoms with Crippen LogP contribution in [0.3, 0.4) is 0 Å². The van der Waals surface area contributed by atoms with Crippen molar-refractivity contribution in [3.05, 3.63) is 262 Å².